The molecule has 35 heavy (non-hydrogen) atoms. The molecular formula is C29H36N4O2. The molecule has 1 spiro atoms. The fraction of sp³-hybridized carbons (Fsp3) is 0.483. The van der Waals surface area contributed by atoms with E-state index in [1.807, 2.05) is 61.2 Å². The summed E-state index contributed by atoms with van der Waals surface area (Å²) in [4.78, 5) is 29.7. The third-order valence-electron chi connectivity index (χ3n) is 7.56. The summed E-state index contributed by atoms with van der Waals surface area (Å²) in [5, 5.41) is 12.2. The Hall–Kier alpha value is -3.17. The van der Waals surface area contributed by atoms with Crippen molar-refractivity contribution >= 4 is 11.8 Å². The number of hydrogen-bond donors (Lipinski definition) is 1. The standard InChI is InChI=1S/C29H36N4O2/c1-22(2)28(35)31-26(25-6-4-3-5-7-25)12-15-32-16-13-29(14-17-32)18-27(34)33(21-29)20-24-10-8-23(19-30)9-11-24/h3-11,22,26H,12-18,20-21H2,1-2H3,(H,31,35). The molecule has 0 radical (unpaired) electrons. The van der Waals surface area contributed by atoms with Crippen molar-refractivity contribution < 1.29 is 9.59 Å². The van der Waals surface area contributed by atoms with Gasteiger partial charge in [-0.05, 0) is 61.0 Å². The summed E-state index contributed by atoms with van der Waals surface area (Å²) in [6, 6.07) is 19.9. The van der Waals surface area contributed by atoms with Gasteiger partial charge in [0.25, 0.3) is 0 Å². The van der Waals surface area contributed by atoms with Gasteiger partial charge in [0.05, 0.1) is 17.7 Å². The number of nitriles is 1. The second kappa shape index (κ2) is 11.0. The lowest BCUT2D eigenvalue weighted by atomic mass is 9.77. The Morgan fingerprint density at radius 3 is 2.40 bits per heavy atom. The molecule has 1 atom stereocenters. The Morgan fingerprint density at radius 1 is 1.09 bits per heavy atom. The fourth-order valence-electron chi connectivity index (χ4n) is 5.27. The molecular weight excluding hydrogens is 436 g/mol. The minimum absolute atomic E-state index is 0.0120. The normalized spacial score (nSPS) is 18.6. The number of nitrogens with zero attached hydrogens (tertiary/aromatic N) is 3. The lowest BCUT2D eigenvalue weighted by molar-refractivity contribution is -0.128. The zero-order chi connectivity index (χ0) is 24.8. The molecule has 2 amide bonds. The second-order valence-electron chi connectivity index (χ2n) is 10.5. The van der Waals surface area contributed by atoms with Crippen LogP contribution in [0.5, 0.6) is 0 Å². The van der Waals surface area contributed by atoms with E-state index in [2.05, 4.69) is 28.4 Å². The molecule has 2 aromatic carbocycles. The van der Waals surface area contributed by atoms with Crippen LogP contribution in [0, 0.1) is 22.7 Å². The first-order valence-corrected chi connectivity index (χ1v) is 12.7. The molecule has 2 fully saturated rings. The molecule has 0 aromatic heterocycles. The SMILES string of the molecule is CC(C)C(=O)NC(CCN1CCC2(CC1)CC(=O)N(Cc1ccc(C#N)cc1)C2)c1ccccc1. The fourth-order valence-corrected chi connectivity index (χ4v) is 5.27. The molecule has 6 nitrogen and oxygen atoms in total. The van der Waals surface area contributed by atoms with Crippen LogP contribution >= 0.6 is 0 Å². The maximum Gasteiger partial charge on any atom is 0.223 e. The average Bonchev–Trinajstić information content (AvgIpc) is 3.17. The summed E-state index contributed by atoms with van der Waals surface area (Å²) in [7, 11) is 0. The van der Waals surface area contributed by atoms with Crippen molar-refractivity contribution in [1.29, 1.82) is 5.26 Å². The van der Waals surface area contributed by atoms with Crippen molar-refractivity contribution in [3.05, 3.63) is 71.3 Å². The zero-order valence-corrected chi connectivity index (χ0v) is 20.9. The summed E-state index contributed by atoms with van der Waals surface area (Å²) in [5.41, 5.74) is 2.94. The van der Waals surface area contributed by atoms with Gasteiger partial charge in [-0.1, -0.05) is 56.3 Å². The van der Waals surface area contributed by atoms with Crippen molar-refractivity contribution in [2.75, 3.05) is 26.2 Å². The number of hydrogen-bond acceptors (Lipinski definition) is 4. The van der Waals surface area contributed by atoms with E-state index in [0.29, 0.717) is 18.5 Å². The highest BCUT2D eigenvalue weighted by Gasteiger charge is 2.44. The van der Waals surface area contributed by atoms with Crippen LogP contribution in [0.2, 0.25) is 0 Å². The number of rotatable bonds is 8. The van der Waals surface area contributed by atoms with E-state index < -0.39 is 0 Å². The monoisotopic (exact) mass is 472 g/mol. The van der Waals surface area contributed by atoms with Gasteiger partial charge in [0.15, 0.2) is 0 Å². The molecule has 2 aliphatic heterocycles. The first-order chi connectivity index (χ1) is 16.9. The first kappa shape index (κ1) is 24.9. The zero-order valence-electron chi connectivity index (χ0n) is 20.9. The predicted molar refractivity (Wildman–Crippen MR) is 136 cm³/mol. The molecule has 2 aliphatic rings. The first-order valence-electron chi connectivity index (χ1n) is 12.7. The lowest BCUT2D eigenvalue weighted by Gasteiger charge is -2.39. The largest absolute Gasteiger partial charge is 0.349 e. The number of benzene rings is 2. The van der Waals surface area contributed by atoms with Gasteiger partial charge in [-0.15, -0.1) is 0 Å². The van der Waals surface area contributed by atoms with Gasteiger partial charge in [-0.2, -0.15) is 5.26 Å². The number of carbonyl (C=O) groups is 2. The summed E-state index contributed by atoms with van der Waals surface area (Å²) >= 11 is 0. The van der Waals surface area contributed by atoms with E-state index in [-0.39, 0.29) is 29.2 Å². The van der Waals surface area contributed by atoms with Crippen LogP contribution in [0.15, 0.2) is 54.6 Å². The molecule has 184 valence electrons. The van der Waals surface area contributed by atoms with Crippen molar-refractivity contribution in [1.82, 2.24) is 15.1 Å². The molecule has 4 rings (SSSR count). The quantitative estimate of drug-likeness (QED) is 0.622. The van der Waals surface area contributed by atoms with Crippen LogP contribution in [0.25, 0.3) is 0 Å². The highest BCUT2D eigenvalue weighted by molar-refractivity contribution is 5.79. The maximum absolute atomic E-state index is 12.8. The summed E-state index contributed by atoms with van der Waals surface area (Å²) in [5.74, 6) is 0.287. The lowest BCUT2D eigenvalue weighted by Crippen LogP contribution is -2.43. The topological polar surface area (TPSA) is 76.4 Å². The number of nitrogens with one attached hydrogen (secondary N) is 1. The molecule has 0 saturated carbocycles. The Balaban J connectivity index is 1.30. The van der Waals surface area contributed by atoms with Crippen LogP contribution in [0.3, 0.4) is 0 Å². The van der Waals surface area contributed by atoms with Crippen LogP contribution in [-0.2, 0) is 16.1 Å². The number of piperidine rings is 1. The Labute approximate surface area is 208 Å². The summed E-state index contributed by atoms with van der Waals surface area (Å²) in [6.45, 7) is 8.18. The van der Waals surface area contributed by atoms with E-state index in [1.54, 1.807) is 0 Å². The van der Waals surface area contributed by atoms with Gasteiger partial charge in [0.2, 0.25) is 11.8 Å². The minimum atomic E-state index is -0.0387. The number of carbonyl (C=O) groups excluding carboxylic acids is 2. The second-order valence-corrected chi connectivity index (χ2v) is 10.5. The molecule has 6 heteroatoms. The van der Waals surface area contributed by atoms with Crippen molar-refractivity contribution in [2.24, 2.45) is 11.3 Å². The molecule has 0 bridgehead atoms. The molecule has 2 saturated heterocycles. The Bertz CT molecular complexity index is 1050. The van der Waals surface area contributed by atoms with Gasteiger partial charge >= 0.3 is 0 Å². The van der Waals surface area contributed by atoms with E-state index in [1.165, 1.54) is 0 Å². The van der Waals surface area contributed by atoms with Crippen LogP contribution < -0.4 is 5.32 Å². The average molecular weight is 473 g/mol. The molecule has 1 N–H and O–H groups in total. The minimum Gasteiger partial charge on any atom is -0.349 e. The van der Waals surface area contributed by atoms with Crippen LogP contribution in [0.4, 0.5) is 0 Å². The van der Waals surface area contributed by atoms with Crippen LogP contribution in [-0.4, -0.2) is 47.8 Å². The molecule has 0 aliphatic carbocycles. The Kier molecular flexibility index (Phi) is 7.87. The number of amides is 2. The van der Waals surface area contributed by atoms with E-state index >= 15 is 0 Å². The summed E-state index contributed by atoms with van der Waals surface area (Å²) < 4.78 is 0. The number of likely N-dealkylation sites (tertiary alicyclic amines) is 2. The van der Waals surface area contributed by atoms with Gasteiger partial charge in [0.1, 0.15) is 0 Å². The van der Waals surface area contributed by atoms with Crippen molar-refractivity contribution in [2.45, 2.75) is 52.1 Å². The highest BCUT2D eigenvalue weighted by Crippen LogP contribution is 2.41. The molecule has 1 unspecified atom stereocenters. The third kappa shape index (κ3) is 6.29. The van der Waals surface area contributed by atoms with E-state index in [9.17, 15) is 9.59 Å². The van der Waals surface area contributed by atoms with E-state index in [0.717, 1.165) is 56.6 Å². The smallest absolute Gasteiger partial charge is 0.223 e. The summed E-state index contributed by atoms with van der Waals surface area (Å²) in [6.07, 6.45) is 3.56. The van der Waals surface area contributed by atoms with E-state index in [4.69, 9.17) is 5.26 Å². The van der Waals surface area contributed by atoms with Crippen LogP contribution in [0.1, 0.15) is 62.3 Å². The maximum atomic E-state index is 12.8. The van der Waals surface area contributed by atoms with Crippen molar-refractivity contribution in [3.8, 4) is 6.07 Å². The van der Waals surface area contributed by atoms with Crippen molar-refractivity contribution in [3.63, 3.8) is 0 Å². The van der Waals surface area contributed by atoms with Gasteiger partial charge in [-0.25, -0.2) is 0 Å². The van der Waals surface area contributed by atoms with Gasteiger partial charge < -0.3 is 15.1 Å². The van der Waals surface area contributed by atoms with Gasteiger partial charge in [0, 0.05) is 32.0 Å². The Morgan fingerprint density at radius 2 is 1.77 bits per heavy atom. The predicted octanol–water partition coefficient (Wildman–Crippen LogP) is 4.28. The highest BCUT2D eigenvalue weighted by atomic mass is 16.2. The van der Waals surface area contributed by atoms with Gasteiger partial charge in [-0.3, -0.25) is 9.59 Å². The third-order valence-corrected chi connectivity index (χ3v) is 7.56. The molecule has 2 aromatic rings. The molecule has 2 heterocycles.